The first kappa shape index (κ1) is 26.6. The zero-order chi connectivity index (χ0) is 26.5. The van der Waals surface area contributed by atoms with Gasteiger partial charge in [0, 0.05) is 28.9 Å². The summed E-state index contributed by atoms with van der Waals surface area (Å²) in [7, 11) is 0. The number of rotatable bonds is 8. The second-order valence-corrected chi connectivity index (χ2v) is 8.51. The molecule has 0 radical (unpaired) electrons. The normalized spacial score (nSPS) is 12.0. The molecular weight excluding hydrogens is 464 g/mol. The van der Waals surface area contributed by atoms with Gasteiger partial charge in [-0.05, 0) is 67.3 Å². The standard InChI is InChI=1S/C28H29F2N3O3/c1-5-28(29,30)22-13-8-14-23(16-22)32-27(35)25(33-36)19(4)31-26(34)21-12-7-11-20(15-21)24-17(2)9-6-10-18(24)3/h6-16,33,36H,5H2,1-4H3,(H,31,34)(H,32,35)/b25-19-. The maximum Gasteiger partial charge on any atom is 0.275 e. The number of anilines is 1. The Morgan fingerprint density at radius 3 is 2.22 bits per heavy atom. The molecule has 8 heteroatoms. The van der Waals surface area contributed by atoms with Gasteiger partial charge < -0.3 is 10.6 Å². The quantitative estimate of drug-likeness (QED) is 0.227. The zero-order valence-corrected chi connectivity index (χ0v) is 20.6. The lowest BCUT2D eigenvalue weighted by Gasteiger charge is -2.16. The third kappa shape index (κ3) is 5.95. The minimum Gasteiger partial charge on any atom is -0.324 e. The molecule has 0 unspecified atom stereocenters. The van der Waals surface area contributed by atoms with Crippen molar-refractivity contribution in [1.29, 1.82) is 0 Å². The van der Waals surface area contributed by atoms with Crippen LogP contribution in [0.4, 0.5) is 14.5 Å². The molecule has 0 heterocycles. The van der Waals surface area contributed by atoms with E-state index in [-0.39, 0.29) is 29.1 Å². The Hall–Kier alpha value is -4.04. The minimum absolute atomic E-state index is 0.0486. The van der Waals surface area contributed by atoms with E-state index in [4.69, 9.17) is 0 Å². The number of nitrogens with one attached hydrogen (secondary N) is 3. The van der Waals surface area contributed by atoms with E-state index in [2.05, 4.69) is 10.6 Å². The van der Waals surface area contributed by atoms with E-state index >= 15 is 0 Å². The molecule has 4 N–H and O–H groups in total. The Kier molecular flexibility index (Phi) is 8.22. The maximum absolute atomic E-state index is 14.0. The van der Waals surface area contributed by atoms with Crippen molar-refractivity contribution in [3.05, 3.63) is 100 Å². The fourth-order valence-electron chi connectivity index (χ4n) is 3.92. The van der Waals surface area contributed by atoms with E-state index < -0.39 is 17.7 Å². The molecule has 3 rings (SSSR count). The molecule has 0 saturated carbocycles. The third-order valence-corrected chi connectivity index (χ3v) is 5.90. The fraction of sp³-hybridized carbons (Fsp3) is 0.214. The van der Waals surface area contributed by atoms with Crippen LogP contribution in [0.1, 0.15) is 47.3 Å². The van der Waals surface area contributed by atoms with Crippen molar-refractivity contribution in [3.8, 4) is 11.1 Å². The Labute approximate surface area is 209 Å². The number of amides is 2. The molecule has 6 nitrogen and oxygen atoms in total. The summed E-state index contributed by atoms with van der Waals surface area (Å²) < 4.78 is 28.0. The Balaban J connectivity index is 1.81. The Morgan fingerprint density at radius 1 is 0.944 bits per heavy atom. The number of hydrogen-bond donors (Lipinski definition) is 4. The number of alkyl halides is 2. The summed E-state index contributed by atoms with van der Waals surface area (Å²) >= 11 is 0. The number of allylic oxidation sites excluding steroid dienone is 1. The second-order valence-electron chi connectivity index (χ2n) is 8.51. The summed E-state index contributed by atoms with van der Waals surface area (Å²) in [5.74, 6) is -4.33. The monoisotopic (exact) mass is 493 g/mol. The van der Waals surface area contributed by atoms with Gasteiger partial charge in [-0.15, -0.1) is 0 Å². The number of aryl methyl sites for hydroxylation is 2. The van der Waals surface area contributed by atoms with Crippen LogP contribution in [0.15, 0.2) is 78.1 Å². The van der Waals surface area contributed by atoms with Gasteiger partial charge in [0.15, 0.2) is 0 Å². The van der Waals surface area contributed by atoms with Crippen LogP contribution in [-0.4, -0.2) is 17.0 Å². The van der Waals surface area contributed by atoms with Gasteiger partial charge in [-0.3, -0.25) is 20.3 Å². The molecule has 0 saturated heterocycles. The molecule has 188 valence electrons. The molecule has 0 atom stereocenters. The lowest BCUT2D eigenvalue weighted by Crippen LogP contribution is -2.31. The van der Waals surface area contributed by atoms with Gasteiger partial charge in [-0.25, -0.2) is 8.78 Å². The number of hydroxylamine groups is 1. The zero-order valence-electron chi connectivity index (χ0n) is 20.6. The van der Waals surface area contributed by atoms with Gasteiger partial charge in [-0.1, -0.05) is 49.4 Å². The molecule has 3 aromatic rings. The summed E-state index contributed by atoms with van der Waals surface area (Å²) in [6.07, 6.45) is -0.385. The van der Waals surface area contributed by atoms with Crippen LogP contribution in [0.5, 0.6) is 0 Å². The summed E-state index contributed by atoms with van der Waals surface area (Å²) in [5, 5.41) is 14.6. The molecule has 0 aliphatic heterocycles. The van der Waals surface area contributed by atoms with Crippen molar-refractivity contribution >= 4 is 17.5 Å². The summed E-state index contributed by atoms with van der Waals surface area (Å²) in [4.78, 5) is 25.6. The minimum atomic E-state index is -3.04. The number of carbonyl (C=O) groups excluding carboxylic acids is 2. The van der Waals surface area contributed by atoms with Crippen LogP contribution < -0.4 is 16.1 Å². The number of hydrogen-bond acceptors (Lipinski definition) is 4. The van der Waals surface area contributed by atoms with E-state index in [1.807, 2.05) is 38.1 Å². The van der Waals surface area contributed by atoms with Crippen LogP contribution in [-0.2, 0) is 10.7 Å². The molecule has 0 fully saturated rings. The van der Waals surface area contributed by atoms with Gasteiger partial charge in [0.25, 0.3) is 17.7 Å². The predicted molar refractivity (Wildman–Crippen MR) is 136 cm³/mol. The number of carbonyl (C=O) groups is 2. The van der Waals surface area contributed by atoms with Gasteiger partial charge in [-0.2, -0.15) is 0 Å². The van der Waals surface area contributed by atoms with Gasteiger partial charge >= 0.3 is 0 Å². The number of benzene rings is 3. The van der Waals surface area contributed by atoms with Gasteiger partial charge in [0.2, 0.25) is 0 Å². The lowest BCUT2D eigenvalue weighted by molar-refractivity contribution is -0.114. The van der Waals surface area contributed by atoms with Crippen molar-refractivity contribution in [1.82, 2.24) is 10.8 Å². The second kappa shape index (κ2) is 11.1. The van der Waals surface area contributed by atoms with Gasteiger partial charge in [0.05, 0.1) is 0 Å². The van der Waals surface area contributed by atoms with E-state index in [9.17, 15) is 23.6 Å². The fourth-order valence-corrected chi connectivity index (χ4v) is 3.92. The average molecular weight is 494 g/mol. The molecule has 0 spiro atoms. The largest absolute Gasteiger partial charge is 0.324 e. The van der Waals surface area contributed by atoms with Crippen LogP contribution in [0.2, 0.25) is 0 Å². The smallest absolute Gasteiger partial charge is 0.275 e. The van der Waals surface area contributed by atoms with Crippen molar-refractivity contribution in [3.63, 3.8) is 0 Å². The first-order valence-corrected chi connectivity index (χ1v) is 11.5. The molecule has 36 heavy (non-hydrogen) atoms. The summed E-state index contributed by atoms with van der Waals surface area (Å²) in [6, 6.07) is 18.4. The third-order valence-electron chi connectivity index (χ3n) is 5.90. The van der Waals surface area contributed by atoms with Crippen LogP contribution >= 0.6 is 0 Å². The molecular formula is C28H29F2N3O3. The van der Waals surface area contributed by atoms with Crippen LogP contribution in [0, 0.1) is 13.8 Å². The highest BCUT2D eigenvalue weighted by atomic mass is 19.3. The van der Waals surface area contributed by atoms with Crippen molar-refractivity contribution in [2.24, 2.45) is 0 Å². The predicted octanol–water partition coefficient (Wildman–Crippen LogP) is 6.05. The highest BCUT2D eigenvalue weighted by Crippen LogP contribution is 2.32. The Morgan fingerprint density at radius 2 is 1.58 bits per heavy atom. The first-order valence-electron chi connectivity index (χ1n) is 11.5. The average Bonchev–Trinajstić information content (AvgIpc) is 2.84. The number of halogens is 2. The van der Waals surface area contributed by atoms with E-state index in [1.54, 1.807) is 23.7 Å². The molecule has 2 amide bonds. The van der Waals surface area contributed by atoms with E-state index in [0.717, 1.165) is 22.3 Å². The van der Waals surface area contributed by atoms with E-state index in [1.165, 1.54) is 38.1 Å². The first-order chi connectivity index (χ1) is 17.1. The van der Waals surface area contributed by atoms with Gasteiger partial charge in [0.1, 0.15) is 5.70 Å². The SMILES string of the molecule is CCC(F)(F)c1cccc(NC(=O)/C(NO)=C(\C)NC(=O)c2cccc(-c3c(C)cccc3C)c2)c1. The molecule has 3 aromatic carbocycles. The maximum atomic E-state index is 14.0. The molecule has 0 bridgehead atoms. The van der Waals surface area contributed by atoms with E-state index in [0.29, 0.717) is 5.56 Å². The summed E-state index contributed by atoms with van der Waals surface area (Å²) in [6.45, 7) is 6.80. The van der Waals surface area contributed by atoms with Crippen LogP contribution in [0.3, 0.4) is 0 Å². The highest BCUT2D eigenvalue weighted by Gasteiger charge is 2.29. The molecule has 0 aliphatic carbocycles. The molecule has 0 aliphatic rings. The lowest BCUT2D eigenvalue weighted by atomic mass is 9.94. The molecule has 0 aromatic heterocycles. The highest BCUT2D eigenvalue weighted by molar-refractivity contribution is 6.04. The van der Waals surface area contributed by atoms with Crippen LogP contribution in [0.25, 0.3) is 11.1 Å². The van der Waals surface area contributed by atoms with Crippen molar-refractivity contribution in [2.75, 3.05) is 5.32 Å². The Bertz CT molecular complexity index is 1300. The van der Waals surface area contributed by atoms with Crippen molar-refractivity contribution in [2.45, 2.75) is 40.0 Å². The topological polar surface area (TPSA) is 90.5 Å². The summed E-state index contributed by atoms with van der Waals surface area (Å²) in [5.41, 5.74) is 5.82. The van der Waals surface area contributed by atoms with Crippen molar-refractivity contribution < 1.29 is 23.6 Å².